The molecule has 8 heteroatoms. The molecule has 0 spiro atoms. The Labute approximate surface area is 174 Å². The average molecular weight is 413 g/mol. The fourth-order valence-electron chi connectivity index (χ4n) is 3.19. The van der Waals surface area contributed by atoms with Crippen LogP contribution in [0.15, 0.2) is 48.5 Å². The Kier molecular flexibility index (Phi) is 6.66. The first-order chi connectivity index (χ1) is 14.3. The molecular weight excluding hydrogens is 389 g/mol. The van der Waals surface area contributed by atoms with Crippen molar-refractivity contribution < 1.29 is 23.5 Å². The molecule has 1 aliphatic heterocycles. The molecule has 0 aliphatic carbocycles. The minimum atomic E-state index is -0.733. The van der Waals surface area contributed by atoms with E-state index in [1.54, 1.807) is 6.07 Å². The maximum Gasteiger partial charge on any atom is 0.311 e. The monoisotopic (exact) mass is 413 g/mol. The molecular formula is C22H24FN3O4. The van der Waals surface area contributed by atoms with E-state index in [0.717, 1.165) is 11.3 Å². The first-order valence-corrected chi connectivity index (χ1v) is 9.59. The Bertz CT molecular complexity index is 930. The quantitative estimate of drug-likeness (QED) is 0.704. The van der Waals surface area contributed by atoms with Crippen LogP contribution in [0.25, 0.3) is 0 Å². The molecule has 0 saturated carbocycles. The van der Waals surface area contributed by atoms with E-state index in [4.69, 9.17) is 4.74 Å². The number of esters is 1. The van der Waals surface area contributed by atoms with Gasteiger partial charge < -0.3 is 19.9 Å². The molecule has 1 aliphatic rings. The van der Waals surface area contributed by atoms with Crippen molar-refractivity contribution in [1.82, 2.24) is 5.32 Å². The molecule has 1 saturated heterocycles. The number of amides is 2. The van der Waals surface area contributed by atoms with E-state index in [0.29, 0.717) is 6.54 Å². The van der Waals surface area contributed by atoms with Crippen LogP contribution < -0.4 is 15.1 Å². The normalized spacial score (nSPS) is 15.8. The summed E-state index contributed by atoms with van der Waals surface area (Å²) in [5.41, 5.74) is 2.10. The number of benzene rings is 2. The summed E-state index contributed by atoms with van der Waals surface area (Å²) in [6, 6.07) is 13.6. The van der Waals surface area contributed by atoms with Crippen molar-refractivity contribution in [2.75, 3.05) is 37.0 Å². The number of carbonyl (C=O) groups excluding carboxylic acids is 3. The summed E-state index contributed by atoms with van der Waals surface area (Å²) in [7, 11) is 3.89. The van der Waals surface area contributed by atoms with Gasteiger partial charge in [-0.15, -0.1) is 0 Å². The lowest BCUT2D eigenvalue weighted by Gasteiger charge is -2.17. The Morgan fingerprint density at radius 2 is 1.87 bits per heavy atom. The number of ether oxygens (including phenoxy) is 1. The topological polar surface area (TPSA) is 79.0 Å². The van der Waals surface area contributed by atoms with Gasteiger partial charge in [-0.05, 0) is 29.8 Å². The van der Waals surface area contributed by atoms with Crippen LogP contribution in [-0.2, 0) is 25.7 Å². The summed E-state index contributed by atoms with van der Waals surface area (Å²) in [6.07, 6.45) is -0.0764. The Morgan fingerprint density at radius 1 is 1.17 bits per heavy atom. The molecule has 1 heterocycles. The van der Waals surface area contributed by atoms with E-state index < -0.39 is 30.2 Å². The Balaban J connectivity index is 1.45. The summed E-state index contributed by atoms with van der Waals surface area (Å²) in [5.74, 6) is -2.70. The molecule has 2 amide bonds. The first kappa shape index (κ1) is 21.3. The van der Waals surface area contributed by atoms with Gasteiger partial charge in [-0.3, -0.25) is 14.4 Å². The summed E-state index contributed by atoms with van der Waals surface area (Å²) >= 11 is 0. The number of halogens is 1. The van der Waals surface area contributed by atoms with Crippen molar-refractivity contribution in [3.05, 3.63) is 59.9 Å². The number of nitrogens with one attached hydrogen (secondary N) is 1. The van der Waals surface area contributed by atoms with Crippen molar-refractivity contribution in [2.45, 2.75) is 13.0 Å². The molecule has 0 radical (unpaired) electrons. The van der Waals surface area contributed by atoms with Crippen molar-refractivity contribution in [1.29, 1.82) is 0 Å². The molecule has 1 atom stereocenters. The largest absolute Gasteiger partial charge is 0.455 e. The third kappa shape index (κ3) is 5.14. The molecule has 3 rings (SSSR count). The van der Waals surface area contributed by atoms with Gasteiger partial charge in [-0.1, -0.05) is 24.3 Å². The van der Waals surface area contributed by atoms with Crippen molar-refractivity contribution in [3.63, 3.8) is 0 Å². The summed E-state index contributed by atoms with van der Waals surface area (Å²) in [4.78, 5) is 39.6. The van der Waals surface area contributed by atoms with Crippen LogP contribution >= 0.6 is 0 Å². The highest BCUT2D eigenvalue weighted by Gasteiger charge is 2.37. The van der Waals surface area contributed by atoms with Gasteiger partial charge >= 0.3 is 5.97 Å². The molecule has 7 nitrogen and oxygen atoms in total. The van der Waals surface area contributed by atoms with E-state index in [2.05, 4.69) is 5.32 Å². The first-order valence-electron chi connectivity index (χ1n) is 9.59. The highest BCUT2D eigenvalue weighted by atomic mass is 19.1. The van der Waals surface area contributed by atoms with E-state index in [1.807, 2.05) is 43.3 Å². The van der Waals surface area contributed by atoms with E-state index in [-0.39, 0.29) is 24.6 Å². The average Bonchev–Trinajstić information content (AvgIpc) is 3.12. The number of para-hydroxylation sites is 1. The van der Waals surface area contributed by atoms with Crippen LogP contribution in [-0.4, -0.2) is 45.0 Å². The highest BCUT2D eigenvalue weighted by Crippen LogP contribution is 2.27. The third-order valence-electron chi connectivity index (χ3n) is 4.89. The van der Waals surface area contributed by atoms with Gasteiger partial charge in [-0.2, -0.15) is 0 Å². The lowest BCUT2D eigenvalue weighted by molar-refractivity contribution is -0.152. The van der Waals surface area contributed by atoms with Gasteiger partial charge in [0.2, 0.25) is 5.91 Å². The summed E-state index contributed by atoms with van der Waals surface area (Å²) in [5, 5.41) is 2.69. The van der Waals surface area contributed by atoms with Gasteiger partial charge in [0, 0.05) is 39.3 Å². The van der Waals surface area contributed by atoms with Crippen molar-refractivity contribution >= 4 is 29.2 Å². The van der Waals surface area contributed by atoms with Crippen LogP contribution in [0, 0.1) is 11.7 Å². The molecule has 2 aromatic rings. The standard InChI is InChI=1S/C22H24FN3O4/c1-25(2)17-9-7-15(8-10-17)12-24-20(27)14-30-22(29)16-11-21(28)26(13-16)19-6-4-3-5-18(19)23/h3-10,16H,11-14H2,1-2H3,(H,24,27)/t16-/m0/s1. The molecule has 2 aromatic carbocycles. The van der Waals surface area contributed by atoms with Crippen LogP contribution in [0.4, 0.5) is 15.8 Å². The second-order valence-electron chi connectivity index (χ2n) is 7.30. The zero-order valence-corrected chi connectivity index (χ0v) is 16.9. The number of anilines is 2. The number of rotatable bonds is 7. The van der Waals surface area contributed by atoms with Gasteiger partial charge in [0.05, 0.1) is 11.6 Å². The Morgan fingerprint density at radius 3 is 2.53 bits per heavy atom. The fourth-order valence-corrected chi connectivity index (χ4v) is 3.19. The van der Waals surface area contributed by atoms with Crippen LogP contribution in [0.2, 0.25) is 0 Å². The van der Waals surface area contributed by atoms with E-state index in [9.17, 15) is 18.8 Å². The molecule has 0 bridgehead atoms. The van der Waals surface area contributed by atoms with Crippen molar-refractivity contribution in [3.8, 4) is 0 Å². The molecule has 0 unspecified atom stereocenters. The lowest BCUT2D eigenvalue weighted by atomic mass is 10.1. The SMILES string of the molecule is CN(C)c1ccc(CNC(=O)COC(=O)[C@H]2CC(=O)N(c3ccccc3F)C2)cc1. The molecule has 0 aromatic heterocycles. The van der Waals surface area contributed by atoms with E-state index >= 15 is 0 Å². The predicted molar refractivity (Wildman–Crippen MR) is 110 cm³/mol. The van der Waals surface area contributed by atoms with E-state index in [1.165, 1.54) is 23.1 Å². The molecule has 1 fully saturated rings. The minimum Gasteiger partial charge on any atom is -0.455 e. The zero-order chi connectivity index (χ0) is 21.7. The maximum atomic E-state index is 13.9. The molecule has 30 heavy (non-hydrogen) atoms. The highest BCUT2D eigenvalue weighted by molar-refractivity contribution is 5.99. The Hall–Kier alpha value is -3.42. The van der Waals surface area contributed by atoms with Gasteiger partial charge in [0.1, 0.15) is 5.82 Å². The van der Waals surface area contributed by atoms with Gasteiger partial charge in [0.15, 0.2) is 6.61 Å². The second kappa shape index (κ2) is 9.39. The minimum absolute atomic E-state index is 0.0262. The number of hydrogen-bond acceptors (Lipinski definition) is 5. The predicted octanol–water partition coefficient (Wildman–Crippen LogP) is 2.10. The third-order valence-corrected chi connectivity index (χ3v) is 4.89. The number of carbonyl (C=O) groups is 3. The smallest absolute Gasteiger partial charge is 0.311 e. The second-order valence-corrected chi connectivity index (χ2v) is 7.30. The number of hydrogen-bond donors (Lipinski definition) is 1. The van der Waals surface area contributed by atoms with Gasteiger partial charge in [-0.25, -0.2) is 4.39 Å². The van der Waals surface area contributed by atoms with Crippen LogP contribution in [0.3, 0.4) is 0 Å². The zero-order valence-electron chi connectivity index (χ0n) is 16.9. The van der Waals surface area contributed by atoms with Gasteiger partial charge in [0.25, 0.3) is 5.91 Å². The maximum absolute atomic E-state index is 13.9. The van der Waals surface area contributed by atoms with Crippen molar-refractivity contribution in [2.24, 2.45) is 5.92 Å². The van der Waals surface area contributed by atoms with Crippen LogP contribution in [0.1, 0.15) is 12.0 Å². The molecule has 158 valence electrons. The lowest BCUT2D eigenvalue weighted by Crippen LogP contribution is -2.31. The molecule has 1 N–H and O–H groups in total. The number of nitrogens with zero attached hydrogens (tertiary/aromatic N) is 2. The fraction of sp³-hybridized carbons (Fsp3) is 0.318. The summed E-state index contributed by atoms with van der Waals surface area (Å²) < 4.78 is 19.0. The summed E-state index contributed by atoms with van der Waals surface area (Å²) in [6.45, 7) is -0.0927. The van der Waals surface area contributed by atoms with Crippen LogP contribution in [0.5, 0.6) is 0 Å².